The Morgan fingerprint density at radius 3 is 2.35 bits per heavy atom. The summed E-state index contributed by atoms with van der Waals surface area (Å²) in [6.45, 7) is 11.5. The predicted molar refractivity (Wildman–Crippen MR) is 87.2 cm³/mol. The van der Waals surface area contributed by atoms with Gasteiger partial charge in [0.15, 0.2) is 12.3 Å². The molecule has 2 heteroatoms. The lowest BCUT2D eigenvalue weighted by molar-refractivity contribution is -0.871. The Morgan fingerprint density at radius 2 is 1.75 bits per heavy atom. The molecule has 2 nitrogen and oxygen atoms in total. The fourth-order valence-corrected chi connectivity index (χ4v) is 3.09. The molecule has 2 rings (SSSR count). The third-order valence-corrected chi connectivity index (χ3v) is 4.64. The number of fused-ring (bicyclic) bond motifs is 1. The first-order valence-corrected chi connectivity index (χ1v) is 7.66. The Balaban J connectivity index is 2.27. The van der Waals surface area contributed by atoms with Crippen molar-refractivity contribution in [2.24, 2.45) is 0 Å². The van der Waals surface area contributed by atoms with E-state index in [-0.39, 0.29) is 5.41 Å². The highest BCUT2D eigenvalue weighted by Crippen LogP contribution is 2.39. The lowest BCUT2D eigenvalue weighted by Crippen LogP contribution is -2.36. The number of rotatable bonds is 4. The van der Waals surface area contributed by atoms with Crippen LogP contribution in [0.15, 0.2) is 18.2 Å². The maximum atomic E-state index is 2.53. The molecule has 1 aliphatic heterocycles. The summed E-state index contributed by atoms with van der Waals surface area (Å²) in [7, 11) is 6.80. The minimum absolute atomic E-state index is 0.165. The highest BCUT2D eigenvalue weighted by Gasteiger charge is 2.42. The average molecular weight is 274 g/mol. The lowest BCUT2D eigenvalue weighted by atomic mass is 9.82. The lowest BCUT2D eigenvalue weighted by Gasteiger charge is -2.23. The molecule has 0 bridgehead atoms. The second-order valence-corrected chi connectivity index (χ2v) is 7.75. The van der Waals surface area contributed by atoms with Crippen LogP contribution in [0.1, 0.15) is 38.3 Å². The second kappa shape index (κ2) is 5.00. The van der Waals surface area contributed by atoms with Gasteiger partial charge in [-0.25, -0.2) is 0 Å². The molecule has 0 radical (unpaired) electrons. The second-order valence-electron chi connectivity index (χ2n) is 7.75. The van der Waals surface area contributed by atoms with Gasteiger partial charge < -0.3 is 4.48 Å². The number of hydrogen-bond acceptors (Lipinski definition) is 0. The zero-order valence-electron chi connectivity index (χ0n) is 14.2. The van der Waals surface area contributed by atoms with E-state index in [1.54, 1.807) is 0 Å². The highest BCUT2D eigenvalue weighted by molar-refractivity contribution is 5.93. The zero-order valence-corrected chi connectivity index (χ0v) is 14.2. The highest BCUT2D eigenvalue weighted by atomic mass is 15.3. The van der Waals surface area contributed by atoms with Crippen LogP contribution >= 0.6 is 0 Å². The van der Waals surface area contributed by atoms with E-state index in [2.05, 4.69) is 71.6 Å². The predicted octanol–water partition coefficient (Wildman–Crippen LogP) is 3.49. The quantitative estimate of drug-likeness (QED) is 0.584. The third kappa shape index (κ3) is 2.80. The Labute approximate surface area is 124 Å². The van der Waals surface area contributed by atoms with E-state index < -0.39 is 0 Å². The van der Waals surface area contributed by atoms with Gasteiger partial charge in [0.05, 0.1) is 39.5 Å². The van der Waals surface area contributed by atoms with Crippen molar-refractivity contribution in [3.8, 4) is 0 Å². The Bertz CT molecular complexity index is 545. The molecule has 0 amide bonds. The number of quaternary nitrogens is 1. The maximum absolute atomic E-state index is 2.53. The van der Waals surface area contributed by atoms with Gasteiger partial charge in [-0.1, -0.05) is 11.6 Å². The van der Waals surface area contributed by atoms with Crippen molar-refractivity contribution in [1.82, 2.24) is 0 Å². The van der Waals surface area contributed by atoms with E-state index in [4.69, 9.17) is 0 Å². The Kier molecular flexibility index (Phi) is 3.81. The van der Waals surface area contributed by atoms with Crippen molar-refractivity contribution in [2.75, 3.05) is 34.2 Å². The molecule has 20 heavy (non-hydrogen) atoms. The van der Waals surface area contributed by atoms with Crippen molar-refractivity contribution < 1.29 is 9.06 Å². The van der Waals surface area contributed by atoms with Gasteiger partial charge in [0, 0.05) is 18.6 Å². The fraction of sp³-hybridized carbons (Fsp3) is 0.611. The minimum Gasteiger partial charge on any atom is -0.331 e. The van der Waals surface area contributed by atoms with E-state index in [1.807, 2.05) is 0 Å². The minimum atomic E-state index is 0.165. The molecule has 1 aliphatic rings. The van der Waals surface area contributed by atoms with Gasteiger partial charge in [-0.3, -0.25) is 0 Å². The summed E-state index contributed by atoms with van der Waals surface area (Å²) >= 11 is 0. The van der Waals surface area contributed by atoms with Crippen molar-refractivity contribution in [3.05, 3.63) is 29.3 Å². The van der Waals surface area contributed by atoms with Gasteiger partial charge in [0.25, 0.3) is 0 Å². The standard InChI is InChI=1S/C18H30N2/c1-14-9-10-17-16(13-14)18(3,4)15(2)19(17)11-8-12-20(5,6)7/h9-10,13H,8,11-12H2,1-7H3/q+2. The number of benzene rings is 1. The SMILES string of the molecule is CC1=[N+](CCC[N+](C)(C)C)c2ccc(C)cc2C1(C)C. The molecule has 0 unspecified atom stereocenters. The van der Waals surface area contributed by atoms with Crippen LogP contribution in [0.4, 0.5) is 5.69 Å². The van der Waals surface area contributed by atoms with Gasteiger partial charge in [0.1, 0.15) is 0 Å². The van der Waals surface area contributed by atoms with Crippen LogP contribution in [-0.2, 0) is 5.41 Å². The molecule has 0 saturated carbocycles. The summed E-state index contributed by atoms with van der Waals surface area (Å²) in [5, 5.41) is 0. The van der Waals surface area contributed by atoms with E-state index in [1.165, 1.54) is 35.5 Å². The van der Waals surface area contributed by atoms with Crippen LogP contribution in [-0.4, -0.2) is 49.0 Å². The molecule has 0 spiro atoms. The van der Waals surface area contributed by atoms with E-state index >= 15 is 0 Å². The molecule has 0 fully saturated rings. The first-order chi connectivity index (χ1) is 9.13. The number of nitrogens with zero attached hydrogens (tertiary/aromatic N) is 2. The first-order valence-electron chi connectivity index (χ1n) is 7.66. The van der Waals surface area contributed by atoms with Gasteiger partial charge in [-0.15, -0.1) is 0 Å². The summed E-state index contributed by atoms with van der Waals surface area (Å²) in [6, 6.07) is 6.90. The molecule has 110 valence electrons. The summed E-state index contributed by atoms with van der Waals surface area (Å²) in [6.07, 6.45) is 1.23. The molecule has 0 aliphatic carbocycles. The van der Waals surface area contributed by atoms with Crippen molar-refractivity contribution in [2.45, 2.75) is 39.5 Å². The van der Waals surface area contributed by atoms with Gasteiger partial charge in [-0.05, 0) is 26.8 Å². The van der Waals surface area contributed by atoms with E-state index in [0.717, 1.165) is 11.0 Å². The molecule has 1 aromatic rings. The Hall–Kier alpha value is -1.15. The molecule has 1 heterocycles. The van der Waals surface area contributed by atoms with Crippen LogP contribution < -0.4 is 0 Å². The van der Waals surface area contributed by atoms with Crippen molar-refractivity contribution in [3.63, 3.8) is 0 Å². The summed E-state index contributed by atoms with van der Waals surface area (Å²) in [5.74, 6) is 0. The largest absolute Gasteiger partial charge is 0.331 e. The van der Waals surface area contributed by atoms with E-state index in [9.17, 15) is 0 Å². The molecule has 0 aromatic heterocycles. The molecular weight excluding hydrogens is 244 g/mol. The molecule has 1 aromatic carbocycles. The van der Waals surface area contributed by atoms with Crippen LogP contribution in [0, 0.1) is 6.92 Å². The topological polar surface area (TPSA) is 3.01 Å². The maximum Gasteiger partial charge on any atom is 0.209 e. The van der Waals surface area contributed by atoms with E-state index in [0.29, 0.717) is 0 Å². The molecule has 0 atom stereocenters. The summed E-state index contributed by atoms with van der Waals surface area (Å²) in [5.41, 5.74) is 5.91. The normalized spacial score (nSPS) is 17.6. The van der Waals surface area contributed by atoms with Gasteiger partial charge >= 0.3 is 0 Å². The molecular formula is C18H30N2+2. The molecule has 0 N–H and O–H groups in total. The summed E-state index contributed by atoms with van der Waals surface area (Å²) < 4.78 is 3.57. The van der Waals surface area contributed by atoms with Crippen LogP contribution in [0.25, 0.3) is 0 Å². The van der Waals surface area contributed by atoms with Gasteiger partial charge in [0.2, 0.25) is 5.69 Å². The number of aryl methyl sites for hydroxylation is 1. The third-order valence-electron chi connectivity index (χ3n) is 4.64. The van der Waals surface area contributed by atoms with Crippen LogP contribution in [0.3, 0.4) is 0 Å². The monoisotopic (exact) mass is 274 g/mol. The first kappa shape index (κ1) is 15.2. The summed E-state index contributed by atoms with van der Waals surface area (Å²) in [4.78, 5) is 0. The average Bonchev–Trinajstić information content (AvgIpc) is 2.49. The fourth-order valence-electron chi connectivity index (χ4n) is 3.09. The molecule has 0 saturated heterocycles. The van der Waals surface area contributed by atoms with Crippen LogP contribution in [0.5, 0.6) is 0 Å². The van der Waals surface area contributed by atoms with Crippen LogP contribution in [0.2, 0.25) is 0 Å². The van der Waals surface area contributed by atoms with Crippen molar-refractivity contribution >= 4 is 11.4 Å². The Morgan fingerprint density at radius 1 is 1.10 bits per heavy atom. The smallest absolute Gasteiger partial charge is 0.209 e. The zero-order chi connectivity index (χ0) is 15.1. The van der Waals surface area contributed by atoms with Gasteiger partial charge in [-0.2, -0.15) is 4.58 Å². The van der Waals surface area contributed by atoms with Crippen molar-refractivity contribution in [1.29, 1.82) is 0 Å². The number of hydrogen-bond donors (Lipinski definition) is 0.